The van der Waals surface area contributed by atoms with E-state index in [1.165, 1.54) is 11.3 Å². The van der Waals surface area contributed by atoms with Crippen molar-refractivity contribution < 1.29 is 9.59 Å². The number of nitrogens with zero attached hydrogens (tertiary/aromatic N) is 3. The lowest BCUT2D eigenvalue weighted by atomic mass is 9.90. The highest BCUT2D eigenvalue weighted by molar-refractivity contribution is 7.08. The lowest BCUT2D eigenvalue weighted by Crippen LogP contribution is -2.34. The maximum absolute atomic E-state index is 12.7. The van der Waals surface area contributed by atoms with Gasteiger partial charge in [0.2, 0.25) is 5.91 Å². The molecule has 8 heteroatoms. The highest BCUT2D eigenvalue weighted by atomic mass is 35.5. The topological polar surface area (TPSA) is 90.9 Å². The molecule has 1 fully saturated rings. The van der Waals surface area contributed by atoms with Crippen LogP contribution in [0.4, 0.5) is 0 Å². The molecule has 0 bridgehead atoms. The van der Waals surface area contributed by atoms with E-state index in [-0.39, 0.29) is 18.1 Å². The number of amides is 1. The van der Waals surface area contributed by atoms with Crippen molar-refractivity contribution in [3.8, 4) is 0 Å². The number of benzene rings is 1. The van der Waals surface area contributed by atoms with Gasteiger partial charge in [0.25, 0.3) is 0 Å². The number of aromatic nitrogens is 3. The normalized spacial score (nSPS) is 16.0. The fourth-order valence-electron chi connectivity index (χ4n) is 3.17. The van der Waals surface area contributed by atoms with Crippen LogP contribution in [0, 0.1) is 0 Å². The van der Waals surface area contributed by atoms with Crippen LogP contribution in [-0.4, -0.2) is 26.7 Å². The van der Waals surface area contributed by atoms with Crippen LogP contribution in [0.5, 0.6) is 0 Å². The molecule has 1 saturated carbocycles. The zero-order valence-corrected chi connectivity index (χ0v) is 15.9. The van der Waals surface area contributed by atoms with Crippen molar-refractivity contribution in [2.75, 3.05) is 0 Å². The summed E-state index contributed by atoms with van der Waals surface area (Å²) in [7, 11) is 0. The van der Waals surface area contributed by atoms with Crippen LogP contribution in [0.2, 0.25) is 5.02 Å². The lowest BCUT2D eigenvalue weighted by Gasteiger charge is -2.14. The molecule has 2 N–H and O–H groups in total. The molecule has 1 unspecified atom stereocenters. The molecule has 1 aliphatic carbocycles. The van der Waals surface area contributed by atoms with Gasteiger partial charge < -0.3 is 5.73 Å². The van der Waals surface area contributed by atoms with Gasteiger partial charge in [-0.25, -0.2) is 4.68 Å². The van der Waals surface area contributed by atoms with E-state index in [2.05, 4.69) is 10.3 Å². The maximum Gasteiger partial charge on any atom is 0.245 e. The van der Waals surface area contributed by atoms with Crippen molar-refractivity contribution in [1.82, 2.24) is 15.0 Å². The molecular weight excluding hydrogens is 384 g/mol. The molecule has 138 valence electrons. The number of carbonyl (C=O) groups is 2. The second-order valence-corrected chi connectivity index (χ2v) is 7.94. The molecule has 6 nitrogen and oxygen atoms in total. The molecule has 1 atom stereocenters. The van der Waals surface area contributed by atoms with Crippen LogP contribution in [0.25, 0.3) is 0 Å². The number of halogens is 1. The molecule has 2 aromatic heterocycles. The van der Waals surface area contributed by atoms with Crippen LogP contribution in [0.15, 0.2) is 47.3 Å². The maximum atomic E-state index is 12.7. The Bertz CT molecular complexity index is 978. The number of rotatable bonds is 7. The average Bonchev–Trinajstić information content (AvgIpc) is 3.08. The zero-order chi connectivity index (χ0) is 19.0. The fourth-order valence-corrected chi connectivity index (χ4v) is 3.95. The van der Waals surface area contributed by atoms with Crippen LogP contribution in [0.1, 0.15) is 46.8 Å². The van der Waals surface area contributed by atoms with Gasteiger partial charge >= 0.3 is 0 Å². The highest BCUT2D eigenvalue weighted by Gasteiger charge is 2.52. The Morgan fingerprint density at radius 2 is 2.00 bits per heavy atom. The molecule has 2 heterocycles. The predicted octanol–water partition coefficient (Wildman–Crippen LogP) is 3.37. The van der Waals surface area contributed by atoms with Crippen molar-refractivity contribution in [3.63, 3.8) is 0 Å². The molecule has 27 heavy (non-hydrogen) atoms. The van der Waals surface area contributed by atoms with Gasteiger partial charge in [0.1, 0.15) is 5.54 Å². The zero-order valence-electron chi connectivity index (χ0n) is 14.3. The number of ketones is 1. The number of hydrogen-bond donors (Lipinski definition) is 1. The van der Waals surface area contributed by atoms with E-state index in [4.69, 9.17) is 17.3 Å². The number of primary amides is 1. The summed E-state index contributed by atoms with van der Waals surface area (Å²) in [4.78, 5) is 24.5. The Kier molecular flexibility index (Phi) is 4.57. The van der Waals surface area contributed by atoms with Crippen molar-refractivity contribution in [3.05, 3.63) is 69.1 Å². The molecule has 0 aliphatic heterocycles. The van der Waals surface area contributed by atoms with Gasteiger partial charge in [-0.3, -0.25) is 9.59 Å². The molecule has 3 aromatic rings. The number of hydrogen-bond acceptors (Lipinski definition) is 5. The van der Waals surface area contributed by atoms with Crippen molar-refractivity contribution in [2.45, 2.75) is 30.7 Å². The van der Waals surface area contributed by atoms with Gasteiger partial charge in [0.05, 0.1) is 11.9 Å². The van der Waals surface area contributed by atoms with Gasteiger partial charge in [-0.1, -0.05) is 28.9 Å². The summed E-state index contributed by atoms with van der Waals surface area (Å²) >= 11 is 7.49. The fraction of sp³-hybridized carbons (Fsp3) is 0.263. The van der Waals surface area contributed by atoms with Crippen molar-refractivity contribution in [1.29, 1.82) is 0 Å². The van der Waals surface area contributed by atoms with Gasteiger partial charge in [-0.05, 0) is 42.0 Å². The number of nitrogens with two attached hydrogens (primary N) is 1. The van der Waals surface area contributed by atoms with Crippen molar-refractivity contribution in [2.24, 2.45) is 5.73 Å². The Labute approximate surface area is 164 Å². The third-order valence-electron chi connectivity index (χ3n) is 4.99. The van der Waals surface area contributed by atoms with Crippen LogP contribution in [0.3, 0.4) is 0 Å². The second kappa shape index (κ2) is 6.90. The summed E-state index contributed by atoms with van der Waals surface area (Å²) < 4.78 is 1.54. The average molecular weight is 401 g/mol. The molecule has 1 aliphatic rings. The molecule has 0 spiro atoms. The minimum Gasteiger partial charge on any atom is -0.368 e. The van der Waals surface area contributed by atoms with Gasteiger partial charge in [0, 0.05) is 28.3 Å². The predicted molar refractivity (Wildman–Crippen MR) is 103 cm³/mol. The van der Waals surface area contributed by atoms with E-state index >= 15 is 0 Å². The first kappa shape index (κ1) is 17.9. The SMILES string of the molecule is NC(=O)C1(n2cc(C(CC(=O)c3ccsc3)c3ccc(Cl)cc3)nn2)CC1. The molecule has 0 radical (unpaired) electrons. The Morgan fingerprint density at radius 1 is 1.26 bits per heavy atom. The van der Waals surface area contributed by atoms with E-state index in [1.54, 1.807) is 23.0 Å². The van der Waals surface area contributed by atoms with Gasteiger partial charge in [0.15, 0.2) is 5.78 Å². The first-order chi connectivity index (χ1) is 13.0. The Morgan fingerprint density at radius 3 is 2.59 bits per heavy atom. The number of Topliss-reactive ketones (excluding diaryl/α,β-unsaturated/α-hetero) is 1. The van der Waals surface area contributed by atoms with Gasteiger partial charge in [-0.15, -0.1) is 5.10 Å². The molecule has 1 aromatic carbocycles. The molecular formula is C19H17ClN4O2S. The molecule has 0 saturated heterocycles. The Hall–Kier alpha value is -2.51. The summed E-state index contributed by atoms with van der Waals surface area (Å²) in [5.74, 6) is -0.662. The number of carbonyl (C=O) groups excluding carboxylic acids is 2. The largest absolute Gasteiger partial charge is 0.368 e. The molecule has 4 rings (SSSR count). The first-order valence-corrected chi connectivity index (χ1v) is 9.85. The third kappa shape index (κ3) is 3.40. The number of thiophene rings is 1. The second-order valence-electron chi connectivity index (χ2n) is 6.73. The monoisotopic (exact) mass is 400 g/mol. The lowest BCUT2D eigenvalue weighted by molar-refractivity contribution is -0.122. The van der Waals surface area contributed by atoms with E-state index in [0.29, 0.717) is 29.1 Å². The standard InChI is InChI=1S/C19H17ClN4O2S/c20-14-3-1-12(2-4-14)15(9-17(25)13-5-8-27-11-13)16-10-24(23-22-16)19(6-7-19)18(21)26/h1-5,8,10-11,15H,6-7,9H2,(H2,21,26). The summed E-state index contributed by atoms with van der Waals surface area (Å²) in [6.07, 6.45) is 3.30. The van der Waals surface area contributed by atoms with E-state index in [1.807, 2.05) is 29.0 Å². The van der Waals surface area contributed by atoms with E-state index < -0.39 is 11.4 Å². The molecule has 1 amide bonds. The van der Waals surface area contributed by atoms with E-state index in [9.17, 15) is 9.59 Å². The quantitative estimate of drug-likeness (QED) is 0.615. The summed E-state index contributed by atoms with van der Waals surface area (Å²) in [6, 6.07) is 9.15. The smallest absolute Gasteiger partial charge is 0.245 e. The van der Waals surface area contributed by atoms with Crippen molar-refractivity contribution >= 4 is 34.6 Å². The van der Waals surface area contributed by atoms with Crippen LogP contribution >= 0.6 is 22.9 Å². The Balaban J connectivity index is 1.68. The summed E-state index contributed by atoms with van der Waals surface area (Å²) in [5.41, 5.74) is 6.99. The third-order valence-corrected chi connectivity index (χ3v) is 5.93. The van der Waals surface area contributed by atoms with Gasteiger partial charge in [-0.2, -0.15) is 11.3 Å². The summed E-state index contributed by atoms with van der Waals surface area (Å²) in [6.45, 7) is 0. The first-order valence-electron chi connectivity index (χ1n) is 8.53. The minimum absolute atomic E-state index is 0.0294. The highest BCUT2D eigenvalue weighted by Crippen LogP contribution is 2.43. The van der Waals surface area contributed by atoms with Crippen LogP contribution in [-0.2, 0) is 10.3 Å². The van der Waals surface area contributed by atoms with Crippen LogP contribution < -0.4 is 5.73 Å². The van der Waals surface area contributed by atoms with E-state index in [0.717, 1.165) is 5.56 Å². The minimum atomic E-state index is -0.771. The summed E-state index contributed by atoms with van der Waals surface area (Å²) in [5, 5.41) is 12.7.